The molecule has 2 aliphatic heterocycles. The summed E-state index contributed by atoms with van der Waals surface area (Å²) in [5.41, 5.74) is -0.552. The first kappa shape index (κ1) is 23.5. The average molecular weight is 488 g/mol. The Morgan fingerprint density at radius 3 is 2.83 bits per heavy atom. The summed E-state index contributed by atoms with van der Waals surface area (Å²) in [6.45, 7) is 2.73. The molecule has 3 atom stereocenters. The summed E-state index contributed by atoms with van der Waals surface area (Å²) in [6, 6.07) is 10.6. The Bertz CT molecular complexity index is 1390. The van der Waals surface area contributed by atoms with Crippen LogP contribution in [0.4, 0.5) is 10.1 Å². The van der Waals surface area contributed by atoms with E-state index in [-0.39, 0.29) is 31.0 Å². The number of aromatic nitrogens is 2. The Hall–Kier alpha value is -4.19. The molecule has 1 aromatic carbocycles. The number of hydrogen-bond acceptors (Lipinski definition) is 4. The first-order valence-corrected chi connectivity index (χ1v) is 11.7. The van der Waals surface area contributed by atoms with Gasteiger partial charge in [0.2, 0.25) is 11.8 Å². The van der Waals surface area contributed by atoms with Gasteiger partial charge in [0.1, 0.15) is 23.1 Å². The number of carbonyl (C=O) groups excluding carboxylic acids is 3. The normalized spacial score (nSPS) is 21.8. The zero-order valence-electron chi connectivity index (χ0n) is 20.0. The fourth-order valence-corrected chi connectivity index (χ4v) is 5.22. The number of fused-ring (bicyclic) bond motifs is 3. The minimum absolute atomic E-state index is 0.0406. The minimum atomic E-state index is -1.75. The van der Waals surface area contributed by atoms with Crippen molar-refractivity contribution < 1.29 is 18.8 Å². The number of rotatable bonds is 5. The van der Waals surface area contributed by atoms with E-state index in [2.05, 4.69) is 26.5 Å². The zero-order valence-corrected chi connectivity index (χ0v) is 20.0. The van der Waals surface area contributed by atoms with Crippen LogP contribution in [0, 0.1) is 12.3 Å². The molecule has 0 radical (unpaired) electrons. The van der Waals surface area contributed by atoms with Crippen LogP contribution >= 0.6 is 0 Å². The zero-order chi connectivity index (χ0) is 25.7. The molecule has 5 rings (SSSR count). The second kappa shape index (κ2) is 8.48. The maximum absolute atomic E-state index is 14.8. The highest BCUT2D eigenvalue weighted by Crippen LogP contribution is 2.46. The fourth-order valence-electron chi connectivity index (χ4n) is 5.22. The van der Waals surface area contributed by atoms with E-state index in [1.54, 1.807) is 30.5 Å². The number of nitrogens with one attached hydrogen (secondary N) is 3. The molecule has 0 bridgehead atoms. The van der Waals surface area contributed by atoms with Crippen LogP contribution < -0.4 is 10.6 Å². The average Bonchev–Trinajstić information content (AvgIpc) is 3.52. The molecule has 2 aliphatic rings. The van der Waals surface area contributed by atoms with Gasteiger partial charge in [0.15, 0.2) is 0 Å². The Kier molecular flexibility index (Phi) is 5.55. The number of carbonyl (C=O) groups is 3. The van der Waals surface area contributed by atoms with Crippen molar-refractivity contribution in [2.45, 2.75) is 49.9 Å². The van der Waals surface area contributed by atoms with Crippen molar-refractivity contribution in [2.75, 3.05) is 11.9 Å². The predicted octanol–water partition coefficient (Wildman–Crippen LogP) is 2.92. The smallest absolute Gasteiger partial charge is 0.268 e. The molecule has 1 saturated heterocycles. The number of H-pyrrole nitrogens is 1. The number of likely N-dealkylation sites (tertiary alicyclic amines) is 1. The molecule has 1 fully saturated rings. The third-order valence-electron chi connectivity index (χ3n) is 6.89. The number of halogens is 1. The van der Waals surface area contributed by atoms with E-state index in [0.717, 1.165) is 10.9 Å². The first-order valence-electron chi connectivity index (χ1n) is 11.7. The standard InChI is InChI=1S/C27H26FN5O3/c1-4-17-13-27(18-9-5-6-10-19(18)32-25(27)36)15-33(17)24(35)21(14-26(2,3)28)31-23(34)20-12-16-8-7-11-29-22(16)30-20/h1,5-12,17,21H,13-15H2,2-3H3,(H,29,30)(H,31,34)(H,32,36)/t17-,21?,27+/m1/s1. The summed E-state index contributed by atoms with van der Waals surface area (Å²) >= 11 is 0. The highest BCUT2D eigenvalue weighted by atomic mass is 19.1. The molecule has 3 aromatic rings. The molecule has 36 heavy (non-hydrogen) atoms. The number of para-hydroxylation sites is 1. The first-order chi connectivity index (χ1) is 17.1. The molecule has 1 spiro atoms. The van der Waals surface area contributed by atoms with Crippen molar-refractivity contribution in [3.05, 3.63) is 59.9 Å². The van der Waals surface area contributed by atoms with Gasteiger partial charge in [0, 0.05) is 30.2 Å². The lowest BCUT2D eigenvalue weighted by Gasteiger charge is -2.30. The van der Waals surface area contributed by atoms with Gasteiger partial charge in [-0.25, -0.2) is 9.37 Å². The Labute approximate surface area is 207 Å². The van der Waals surface area contributed by atoms with E-state index in [0.29, 0.717) is 11.3 Å². The lowest BCUT2D eigenvalue weighted by molar-refractivity contribution is -0.134. The highest BCUT2D eigenvalue weighted by molar-refractivity contribution is 6.07. The number of benzene rings is 1. The molecule has 8 nitrogen and oxygen atoms in total. The minimum Gasteiger partial charge on any atom is -0.339 e. The van der Waals surface area contributed by atoms with Crippen LogP contribution in [0.15, 0.2) is 48.7 Å². The third-order valence-corrected chi connectivity index (χ3v) is 6.89. The van der Waals surface area contributed by atoms with E-state index >= 15 is 0 Å². The van der Waals surface area contributed by atoms with Crippen molar-refractivity contribution in [3.8, 4) is 12.3 Å². The van der Waals surface area contributed by atoms with Gasteiger partial charge in [-0.15, -0.1) is 6.42 Å². The van der Waals surface area contributed by atoms with Gasteiger partial charge in [-0.2, -0.15) is 0 Å². The van der Waals surface area contributed by atoms with Gasteiger partial charge in [0.25, 0.3) is 5.91 Å². The predicted molar refractivity (Wildman–Crippen MR) is 133 cm³/mol. The second-order valence-corrected chi connectivity index (χ2v) is 10.0. The number of nitrogens with zero attached hydrogens (tertiary/aromatic N) is 2. The van der Waals surface area contributed by atoms with Crippen LogP contribution in [0.3, 0.4) is 0 Å². The number of hydrogen-bond donors (Lipinski definition) is 3. The summed E-state index contributed by atoms with van der Waals surface area (Å²) < 4.78 is 14.8. The maximum Gasteiger partial charge on any atom is 0.268 e. The van der Waals surface area contributed by atoms with Gasteiger partial charge in [0.05, 0.1) is 11.5 Å². The molecular weight excluding hydrogens is 461 g/mol. The van der Waals surface area contributed by atoms with E-state index in [9.17, 15) is 18.8 Å². The molecule has 0 saturated carbocycles. The topological polar surface area (TPSA) is 107 Å². The summed E-state index contributed by atoms with van der Waals surface area (Å²) in [5, 5.41) is 6.30. The van der Waals surface area contributed by atoms with E-state index in [1.165, 1.54) is 18.7 Å². The Morgan fingerprint density at radius 2 is 2.11 bits per heavy atom. The van der Waals surface area contributed by atoms with E-state index < -0.39 is 35.0 Å². The summed E-state index contributed by atoms with van der Waals surface area (Å²) in [6.07, 6.45) is 7.37. The number of anilines is 1. The summed E-state index contributed by atoms with van der Waals surface area (Å²) in [7, 11) is 0. The second-order valence-electron chi connectivity index (χ2n) is 10.0. The molecule has 3 amide bonds. The fraction of sp³-hybridized carbons (Fsp3) is 0.333. The number of aromatic amines is 1. The number of alkyl halides is 1. The van der Waals surface area contributed by atoms with Crippen LogP contribution in [0.5, 0.6) is 0 Å². The molecule has 9 heteroatoms. The van der Waals surface area contributed by atoms with Gasteiger partial charge in [-0.1, -0.05) is 24.1 Å². The summed E-state index contributed by atoms with van der Waals surface area (Å²) in [5.74, 6) is 1.30. The molecule has 2 aromatic heterocycles. The van der Waals surface area contributed by atoms with Gasteiger partial charge in [-0.05, 0) is 50.1 Å². The molecule has 184 valence electrons. The number of pyridine rings is 1. The molecule has 4 heterocycles. The molecular formula is C27H26FN5O3. The maximum atomic E-state index is 14.8. The lowest BCUT2D eigenvalue weighted by atomic mass is 9.79. The van der Waals surface area contributed by atoms with Crippen LogP contribution in [-0.2, 0) is 15.0 Å². The lowest BCUT2D eigenvalue weighted by Crippen LogP contribution is -2.52. The van der Waals surface area contributed by atoms with E-state index in [4.69, 9.17) is 6.42 Å². The van der Waals surface area contributed by atoms with Crippen molar-refractivity contribution in [1.29, 1.82) is 0 Å². The van der Waals surface area contributed by atoms with Crippen LogP contribution in [0.1, 0.15) is 42.7 Å². The number of amides is 3. The molecule has 1 unspecified atom stereocenters. The SMILES string of the molecule is C#C[C@@H]1C[C@@]2(CN1C(=O)C(CC(C)(C)F)NC(=O)c1cc3cccnc3[nH]1)C(=O)Nc1ccccc12. The van der Waals surface area contributed by atoms with Gasteiger partial charge >= 0.3 is 0 Å². The van der Waals surface area contributed by atoms with Crippen LogP contribution in [0.25, 0.3) is 11.0 Å². The third kappa shape index (κ3) is 3.98. The van der Waals surface area contributed by atoms with Crippen LogP contribution in [0.2, 0.25) is 0 Å². The summed E-state index contributed by atoms with van der Waals surface area (Å²) in [4.78, 5) is 48.5. The Morgan fingerprint density at radius 1 is 1.33 bits per heavy atom. The van der Waals surface area contributed by atoms with Gasteiger partial charge < -0.3 is 20.5 Å². The molecule has 3 N–H and O–H groups in total. The van der Waals surface area contributed by atoms with E-state index in [1.807, 2.05) is 18.2 Å². The van der Waals surface area contributed by atoms with Crippen molar-refractivity contribution in [3.63, 3.8) is 0 Å². The van der Waals surface area contributed by atoms with Crippen LogP contribution in [-0.4, -0.2) is 56.9 Å². The van der Waals surface area contributed by atoms with Gasteiger partial charge in [-0.3, -0.25) is 14.4 Å². The number of terminal acetylenes is 1. The van der Waals surface area contributed by atoms with Crippen molar-refractivity contribution >= 4 is 34.4 Å². The quantitative estimate of drug-likeness (QED) is 0.481. The Balaban J connectivity index is 1.44. The molecule has 0 aliphatic carbocycles. The van der Waals surface area contributed by atoms with Crippen molar-refractivity contribution in [1.82, 2.24) is 20.2 Å². The monoisotopic (exact) mass is 487 g/mol. The highest BCUT2D eigenvalue weighted by Gasteiger charge is 2.56. The van der Waals surface area contributed by atoms with Crippen molar-refractivity contribution in [2.24, 2.45) is 0 Å². The largest absolute Gasteiger partial charge is 0.339 e.